The van der Waals surface area contributed by atoms with Crippen molar-refractivity contribution >= 4 is 10.0 Å². The first-order valence-corrected chi connectivity index (χ1v) is 9.86. The van der Waals surface area contributed by atoms with Crippen LogP contribution in [0.25, 0.3) is 0 Å². The number of sulfonamides is 1. The summed E-state index contributed by atoms with van der Waals surface area (Å²) in [5.41, 5.74) is 1.87. The number of hydrogen-bond acceptors (Lipinski definition) is 4. The summed E-state index contributed by atoms with van der Waals surface area (Å²) in [6, 6.07) is 10.4. The van der Waals surface area contributed by atoms with E-state index in [0.717, 1.165) is 11.1 Å². The molecule has 0 bridgehead atoms. The molecule has 3 rings (SSSR count). The molecular weight excluding hydrogens is 355 g/mol. The average Bonchev–Trinajstić information content (AvgIpc) is 2.74. The molecule has 1 atom stereocenters. The predicted octanol–water partition coefficient (Wildman–Crippen LogP) is 2.65. The van der Waals surface area contributed by atoms with Gasteiger partial charge in [0.25, 0.3) is 0 Å². The van der Waals surface area contributed by atoms with Crippen LogP contribution in [-0.2, 0) is 16.6 Å². The zero-order valence-electron chi connectivity index (χ0n) is 15.1. The second-order valence-electron chi connectivity index (χ2n) is 6.84. The van der Waals surface area contributed by atoms with Crippen LogP contribution in [-0.4, -0.2) is 50.9 Å². The average molecular weight is 378 g/mol. The van der Waals surface area contributed by atoms with Crippen LogP contribution in [0.3, 0.4) is 0 Å². The molecule has 0 radical (unpaired) electrons. The second kappa shape index (κ2) is 7.34. The Balaban J connectivity index is 2.04. The fourth-order valence-corrected chi connectivity index (χ4v) is 4.71. The highest BCUT2D eigenvalue weighted by Crippen LogP contribution is 2.30. The van der Waals surface area contributed by atoms with Gasteiger partial charge in [-0.15, -0.1) is 0 Å². The molecule has 0 fully saturated rings. The zero-order valence-corrected chi connectivity index (χ0v) is 16.0. The Morgan fingerprint density at radius 1 is 1.19 bits per heavy atom. The van der Waals surface area contributed by atoms with Crippen LogP contribution in [0.5, 0.6) is 5.75 Å². The van der Waals surface area contributed by atoms with E-state index >= 15 is 0 Å². The smallest absolute Gasteiger partial charge is 0.243 e. The highest BCUT2D eigenvalue weighted by atomic mass is 32.2. The number of ether oxygens (including phenoxy) is 1. The highest BCUT2D eigenvalue weighted by Gasteiger charge is 2.35. The molecule has 140 valence electrons. The van der Waals surface area contributed by atoms with Gasteiger partial charge in [-0.05, 0) is 51.4 Å². The number of halogens is 1. The summed E-state index contributed by atoms with van der Waals surface area (Å²) in [6.45, 7) is 2.96. The molecular formula is C19H23FN2O3S. The van der Waals surface area contributed by atoms with Gasteiger partial charge in [0.2, 0.25) is 10.0 Å². The summed E-state index contributed by atoms with van der Waals surface area (Å²) in [7, 11) is -0.00503. The maximum atomic E-state index is 13.3. The third-order valence-corrected chi connectivity index (χ3v) is 6.29. The minimum absolute atomic E-state index is 0.0822. The third kappa shape index (κ3) is 3.90. The van der Waals surface area contributed by atoms with Crippen LogP contribution in [0.4, 0.5) is 4.39 Å². The molecule has 1 aliphatic heterocycles. The summed E-state index contributed by atoms with van der Waals surface area (Å²) >= 11 is 0. The summed E-state index contributed by atoms with van der Waals surface area (Å²) < 4.78 is 47.1. The minimum atomic E-state index is -3.79. The van der Waals surface area contributed by atoms with E-state index in [4.69, 9.17) is 4.74 Å². The van der Waals surface area contributed by atoms with Crippen molar-refractivity contribution in [3.63, 3.8) is 0 Å². The van der Waals surface area contributed by atoms with E-state index in [1.54, 1.807) is 0 Å². The zero-order chi connectivity index (χ0) is 18.9. The number of aryl methyl sites for hydroxylation is 1. The van der Waals surface area contributed by atoms with Crippen LogP contribution in [0.2, 0.25) is 0 Å². The van der Waals surface area contributed by atoms with Crippen LogP contribution < -0.4 is 4.74 Å². The lowest BCUT2D eigenvalue weighted by Gasteiger charge is -2.30. The van der Waals surface area contributed by atoms with Crippen molar-refractivity contribution in [3.8, 4) is 5.75 Å². The van der Waals surface area contributed by atoms with Crippen molar-refractivity contribution in [3.05, 3.63) is 59.4 Å². The van der Waals surface area contributed by atoms with Crippen molar-refractivity contribution in [2.45, 2.75) is 24.4 Å². The van der Waals surface area contributed by atoms with Gasteiger partial charge >= 0.3 is 0 Å². The molecule has 1 heterocycles. The molecule has 0 saturated heterocycles. The summed E-state index contributed by atoms with van der Waals surface area (Å²) in [4.78, 5) is 2.02. The maximum Gasteiger partial charge on any atom is 0.243 e. The number of likely N-dealkylation sites (N-methyl/N-ethyl adjacent to an activating group) is 1. The molecule has 0 aliphatic carbocycles. The first-order valence-electron chi connectivity index (χ1n) is 8.42. The fraction of sp³-hybridized carbons (Fsp3) is 0.368. The molecule has 0 spiro atoms. The molecule has 0 saturated carbocycles. The number of nitrogens with zero attached hydrogens (tertiary/aromatic N) is 2. The maximum absolute atomic E-state index is 13.3. The fourth-order valence-electron chi connectivity index (χ4n) is 3.13. The van der Waals surface area contributed by atoms with E-state index in [1.807, 2.05) is 44.1 Å². The van der Waals surface area contributed by atoms with Crippen LogP contribution in [0.1, 0.15) is 11.1 Å². The summed E-state index contributed by atoms with van der Waals surface area (Å²) in [5.74, 6) is 0.241. The van der Waals surface area contributed by atoms with Gasteiger partial charge < -0.3 is 9.64 Å². The number of rotatable bonds is 4. The van der Waals surface area contributed by atoms with Crippen molar-refractivity contribution in [2.75, 3.05) is 27.2 Å². The first kappa shape index (κ1) is 18.8. The van der Waals surface area contributed by atoms with Crippen molar-refractivity contribution in [1.29, 1.82) is 0 Å². The van der Waals surface area contributed by atoms with Crippen LogP contribution in [0.15, 0.2) is 47.4 Å². The molecule has 0 N–H and O–H groups in total. The molecule has 26 heavy (non-hydrogen) atoms. The summed E-state index contributed by atoms with van der Waals surface area (Å²) in [5, 5.41) is 0. The summed E-state index contributed by atoms with van der Waals surface area (Å²) in [6.07, 6.45) is 0. The SMILES string of the molecule is Cc1ccc2c(c1)CN(S(=O)(=O)c1ccc(F)cc1)C(CN(C)C)CO2. The van der Waals surface area contributed by atoms with Gasteiger partial charge in [0, 0.05) is 18.7 Å². The highest BCUT2D eigenvalue weighted by molar-refractivity contribution is 7.89. The molecule has 0 amide bonds. The molecule has 1 unspecified atom stereocenters. The molecule has 2 aromatic carbocycles. The van der Waals surface area contributed by atoms with Crippen LogP contribution in [0, 0.1) is 12.7 Å². The Morgan fingerprint density at radius 3 is 2.54 bits per heavy atom. The predicted molar refractivity (Wildman–Crippen MR) is 98.1 cm³/mol. The van der Waals surface area contributed by atoms with Crippen molar-refractivity contribution < 1.29 is 17.5 Å². The van der Waals surface area contributed by atoms with Crippen LogP contribution >= 0.6 is 0 Å². The Bertz CT molecular complexity index is 882. The lowest BCUT2D eigenvalue weighted by molar-refractivity contribution is 0.184. The number of hydrogen-bond donors (Lipinski definition) is 0. The lowest BCUT2D eigenvalue weighted by Crippen LogP contribution is -2.47. The van der Waals surface area contributed by atoms with Gasteiger partial charge in [-0.2, -0.15) is 4.31 Å². The number of fused-ring (bicyclic) bond motifs is 1. The van der Waals surface area contributed by atoms with E-state index in [1.165, 1.54) is 28.6 Å². The van der Waals surface area contributed by atoms with Crippen molar-refractivity contribution in [1.82, 2.24) is 9.21 Å². The Morgan fingerprint density at radius 2 is 1.88 bits per heavy atom. The van der Waals surface area contributed by atoms with Gasteiger partial charge in [0.1, 0.15) is 18.2 Å². The van der Waals surface area contributed by atoms with E-state index in [2.05, 4.69) is 0 Å². The topological polar surface area (TPSA) is 49.9 Å². The van der Waals surface area contributed by atoms with Gasteiger partial charge in [0.05, 0.1) is 10.9 Å². The molecule has 5 nitrogen and oxygen atoms in total. The Kier molecular flexibility index (Phi) is 5.32. The lowest BCUT2D eigenvalue weighted by atomic mass is 10.1. The second-order valence-corrected chi connectivity index (χ2v) is 8.73. The third-order valence-electron chi connectivity index (χ3n) is 4.38. The quantitative estimate of drug-likeness (QED) is 0.821. The van der Waals surface area contributed by atoms with E-state index in [0.29, 0.717) is 12.3 Å². The Labute approximate surface area is 154 Å². The van der Waals surface area contributed by atoms with Gasteiger partial charge in [-0.25, -0.2) is 12.8 Å². The van der Waals surface area contributed by atoms with Gasteiger partial charge in [0.15, 0.2) is 0 Å². The minimum Gasteiger partial charge on any atom is -0.492 e. The number of benzene rings is 2. The van der Waals surface area contributed by atoms with E-state index < -0.39 is 15.8 Å². The van der Waals surface area contributed by atoms with Gasteiger partial charge in [-0.3, -0.25) is 0 Å². The van der Waals surface area contributed by atoms with E-state index in [9.17, 15) is 12.8 Å². The van der Waals surface area contributed by atoms with Gasteiger partial charge in [-0.1, -0.05) is 17.7 Å². The van der Waals surface area contributed by atoms with E-state index in [-0.39, 0.29) is 24.1 Å². The molecule has 2 aromatic rings. The molecule has 7 heteroatoms. The molecule has 0 aromatic heterocycles. The Hall–Kier alpha value is -1.96. The largest absolute Gasteiger partial charge is 0.492 e. The van der Waals surface area contributed by atoms with Crippen molar-refractivity contribution in [2.24, 2.45) is 0 Å². The standard InChI is InChI=1S/C19H23FN2O3S/c1-14-4-9-19-15(10-14)11-22(17(13-25-19)12-21(2)3)26(23,24)18-7-5-16(20)6-8-18/h4-10,17H,11-13H2,1-3H3. The monoisotopic (exact) mass is 378 g/mol. The first-order chi connectivity index (χ1) is 12.3. The normalized spacial score (nSPS) is 18.3. The molecule has 1 aliphatic rings.